The minimum atomic E-state index is -0.322. The Bertz CT molecular complexity index is 411. The van der Waals surface area contributed by atoms with Gasteiger partial charge in [-0.05, 0) is 31.4 Å². The van der Waals surface area contributed by atoms with Gasteiger partial charge in [-0.1, -0.05) is 15.9 Å². The molecule has 2 heterocycles. The molecule has 1 unspecified atom stereocenters. The minimum absolute atomic E-state index is 0.302. The number of methoxy groups -OCH3 is 1. The first kappa shape index (κ1) is 12.4. The Hall–Kier alpha value is -1.10. The molecule has 0 saturated carbocycles. The van der Waals surface area contributed by atoms with Crippen LogP contribution in [0.25, 0.3) is 0 Å². The van der Waals surface area contributed by atoms with Crippen molar-refractivity contribution in [1.82, 2.24) is 4.98 Å². The zero-order valence-corrected chi connectivity index (χ0v) is 11.3. The van der Waals surface area contributed by atoms with Crippen molar-refractivity contribution in [3.05, 3.63) is 23.9 Å². The molecule has 92 valence electrons. The molecule has 0 radical (unpaired) electrons. The van der Waals surface area contributed by atoms with Crippen molar-refractivity contribution in [2.45, 2.75) is 24.2 Å². The van der Waals surface area contributed by atoms with E-state index in [1.54, 1.807) is 18.3 Å². The summed E-state index contributed by atoms with van der Waals surface area (Å²) in [5.74, 6) is 0.506. The van der Waals surface area contributed by atoms with Gasteiger partial charge in [0.1, 0.15) is 5.82 Å². The monoisotopic (exact) mass is 298 g/mol. The average Bonchev–Trinajstić information content (AvgIpc) is 2.38. The number of aromatic nitrogens is 1. The molecule has 0 N–H and O–H groups in total. The molecule has 1 aromatic heterocycles. The van der Waals surface area contributed by atoms with Gasteiger partial charge in [-0.25, -0.2) is 9.78 Å². The zero-order valence-electron chi connectivity index (χ0n) is 9.73. The van der Waals surface area contributed by atoms with Gasteiger partial charge < -0.3 is 9.64 Å². The maximum absolute atomic E-state index is 11.4. The molecular weight excluding hydrogens is 284 g/mol. The van der Waals surface area contributed by atoms with Crippen LogP contribution >= 0.6 is 15.9 Å². The molecule has 0 bridgehead atoms. The highest BCUT2D eigenvalue weighted by atomic mass is 79.9. The predicted molar refractivity (Wildman–Crippen MR) is 69.5 cm³/mol. The van der Waals surface area contributed by atoms with E-state index in [-0.39, 0.29) is 5.97 Å². The van der Waals surface area contributed by atoms with Crippen molar-refractivity contribution >= 4 is 27.7 Å². The first-order valence-electron chi connectivity index (χ1n) is 5.67. The number of piperidine rings is 1. The number of hydrogen-bond acceptors (Lipinski definition) is 4. The highest BCUT2D eigenvalue weighted by Gasteiger charge is 2.21. The Kier molecular flexibility index (Phi) is 3.99. The summed E-state index contributed by atoms with van der Waals surface area (Å²) in [5.41, 5.74) is 0.544. The molecule has 0 aromatic carbocycles. The van der Waals surface area contributed by atoms with E-state index in [2.05, 4.69) is 25.8 Å². The lowest BCUT2D eigenvalue weighted by molar-refractivity contribution is 0.0600. The molecule has 0 spiro atoms. The minimum Gasteiger partial charge on any atom is -0.465 e. The highest BCUT2D eigenvalue weighted by molar-refractivity contribution is 9.09. The van der Waals surface area contributed by atoms with E-state index in [9.17, 15) is 4.79 Å². The first-order chi connectivity index (χ1) is 8.22. The summed E-state index contributed by atoms with van der Waals surface area (Å²) in [5, 5.41) is 0. The molecule has 1 aliphatic rings. The number of halogens is 1. The van der Waals surface area contributed by atoms with Crippen LogP contribution < -0.4 is 4.90 Å². The lowest BCUT2D eigenvalue weighted by Crippen LogP contribution is -2.36. The third kappa shape index (κ3) is 2.77. The van der Waals surface area contributed by atoms with Gasteiger partial charge in [-0.15, -0.1) is 0 Å². The van der Waals surface area contributed by atoms with Crippen LogP contribution in [0.5, 0.6) is 0 Å². The SMILES string of the molecule is COC(=O)c1ccnc(N2CCCCC2Br)c1. The molecule has 0 amide bonds. The fraction of sp³-hybridized carbons (Fsp3) is 0.500. The number of ether oxygens (including phenoxy) is 1. The number of carbonyl (C=O) groups excluding carboxylic acids is 1. The van der Waals surface area contributed by atoms with Crippen LogP contribution in [-0.4, -0.2) is 29.6 Å². The van der Waals surface area contributed by atoms with Crippen molar-refractivity contribution in [2.75, 3.05) is 18.6 Å². The van der Waals surface area contributed by atoms with Crippen molar-refractivity contribution in [3.8, 4) is 0 Å². The molecule has 1 saturated heterocycles. The quantitative estimate of drug-likeness (QED) is 0.478. The average molecular weight is 299 g/mol. The molecule has 4 nitrogen and oxygen atoms in total. The number of esters is 1. The summed E-state index contributed by atoms with van der Waals surface area (Å²) in [7, 11) is 1.39. The predicted octanol–water partition coefficient (Wildman–Crippen LogP) is 2.58. The number of rotatable bonds is 2. The maximum atomic E-state index is 11.4. The Morgan fingerprint density at radius 2 is 2.41 bits per heavy atom. The van der Waals surface area contributed by atoms with E-state index in [0.717, 1.165) is 25.2 Å². The molecule has 5 heteroatoms. The van der Waals surface area contributed by atoms with Gasteiger partial charge in [-0.2, -0.15) is 0 Å². The van der Waals surface area contributed by atoms with E-state index in [4.69, 9.17) is 4.74 Å². The fourth-order valence-corrected chi connectivity index (χ4v) is 2.71. The number of pyridine rings is 1. The number of nitrogens with zero attached hydrogens (tertiary/aromatic N) is 2. The Morgan fingerprint density at radius 3 is 3.12 bits per heavy atom. The van der Waals surface area contributed by atoms with Gasteiger partial charge in [0.15, 0.2) is 0 Å². The Balaban J connectivity index is 2.23. The van der Waals surface area contributed by atoms with Gasteiger partial charge >= 0.3 is 5.97 Å². The highest BCUT2D eigenvalue weighted by Crippen LogP contribution is 2.26. The molecule has 1 aliphatic heterocycles. The van der Waals surface area contributed by atoms with E-state index in [1.165, 1.54) is 13.5 Å². The van der Waals surface area contributed by atoms with Gasteiger partial charge in [0.2, 0.25) is 0 Å². The van der Waals surface area contributed by atoms with Gasteiger partial charge in [0, 0.05) is 12.7 Å². The van der Waals surface area contributed by atoms with Gasteiger partial charge in [0.25, 0.3) is 0 Å². The summed E-state index contributed by atoms with van der Waals surface area (Å²) in [4.78, 5) is 18.2. The van der Waals surface area contributed by atoms with E-state index >= 15 is 0 Å². The smallest absolute Gasteiger partial charge is 0.338 e. The molecule has 0 aliphatic carbocycles. The Morgan fingerprint density at radius 1 is 1.59 bits per heavy atom. The molecule has 1 fully saturated rings. The van der Waals surface area contributed by atoms with E-state index in [1.807, 2.05) is 0 Å². The molecule has 1 atom stereocenters. The summed E-state index contributed by atoms with van der Waals surface area (Å²) in [6.45, 7) is 0.966. The van der Waals surface area contributed by atoms with Crippen molar-refractivity contribution in [1.29, 1.82) is 0 Å². The van der Waals surface area contributed by atoms with Crippen LogP contribution in [0, 0.1) is 0 Å². The Labute approximate surface area is 109 Å². The summed E-state index contributed by atoms with van der Waals surface area (Å²) < 4.78 is 4.71. The normalized spacial score (nSPS) is 20.1. The molecule has 1 aromatic rings. The second-order valence-electron chi connectivity index (χ2n) is 4.02. The first-order valence-corrected chi connectivity index (χ1v) is 6.59. The fourth-order valence-electron chi connectivity index (χ4n) is 1.97. The molecule has 17 heavy (non-hydrogen) atoms. The van der Waals surface area contributed by atoms with E-state index in [0.29, 0.717) is 10.5 Å². The summed E-state index contributed by atoms with van der Waals surface area (Å²) in [6, 6.07) is 3.45. The van der Waals surface area contributed by atoms with Crippen molar-refractivity contribution in [2.24, 2.45) is 0 Å². The van der Waals surface area contributed by atoms with Crippen LogP contribution in [0.3, 0.4) is 0 Å². The molecular formula is C12H15BrN2O2. The maximum Gasteiger partial charge on any atom is 0.338 e. The summed E-state index contributed by atoms with van der Waals surface area (Å²) in [6.07, 6.45) is 5.13. The van der Waals surface area contributed by atoms with Crippen LogP contribution in [0.2, 0.25) is 0 Å². The zero-order chi connectivity index (χ0) is 12.3. The van der Waals surface area contributed by atoms with Crippen LogP contribution in [-0.2, 0) is 4.74 Å². The van der Waals surface area contributed by atoms with Crippen molar-refractivity contribution < 1.29 is 9.53 Å². The topological polar surface area (TPSA) is 42.4 Å². The number of carbonyl (C=O) groups is 1. The summed E-state index contributed by atoms with van der Waals surface area (Å²) >= 11 is 3.64. The number of anilines is 1. The van der Waals surface area contributed by atoms with E-state index < -0.39 is 0 Å². The van der Waals surface area contributed by atoms with Crippen LogP contribution in [0.15, 0.2) is 18.3 Å². The van der Waals surface area contributed by atoms with Crippen molar-refractivity contribution in [3.63, 3.8) is 0 Å². The lowest BCUT2D eigenvalue weighted by atomic mass is 10.1. The second-order valence-corrected chi connectivity index (χ2v) is 5.07. The van der Waals surface area contributed by atoms with Crippen LogP contribution in [0.4, 0.5) is 5.82 Å². The second kappa shape index (κ2) is 5.49. The third-order valence-corrected chi connectivity index (χ3v) is 3.84. The standard InChI is InChI=1S/C12H15BrN2O2/c1-17-12(16)9-5-6-14-11(8-9)15-7-3-2-4-10(15)13/h5-6,8,10H,2-4,7H2,1H3. The van der Waals surface area contributed by atoms with Gasteiger partial charge in [0.05, 0.1) is 17.6 Å². The van der Waals surface area contributed by atoms with Crippen LogP contribution in [0.1, 0.15) is 29.6 Å². The number of hydrogen-bond donors (Lipinski definition) is 0. The molecule has 2 rings (SSSR count). The largest absolute Gasteiger partial charge is 0.465 e. The lowest BCUT2D eigenvalue weighted by Gasteiger charge is -2.33. The number of alkyl halides is 1. The van der Waals surface area contributed by atoms with Gasteiger partial charge in [-0.3, -0.25) is 0 Å². The third-order valence-electron chi connectivity index (χ3n) is 2.89.